The molecular weight excluding hydrogens is 278 g/mol. The summed E-state index contributed by atoms with van der Waals surface area (Å²) in [5.41, 5.74) is 1.41. The molecule has 21 heavy (non-hydrogen) atoms. The third-order valence-corrected chi connectivity index (χ3v) is 2.97. The molecule has 0 bridgehead atoms. The maximum Gasteiger partial charge on any atom is 0.410 e. The van der Waals surface area contributed by atoms with Crippen molar-refractivity contribution >= 4 is 5.82 Å². The number of rotatable bonds is 4. The van der Waals surface area contributed by atoms with E-state index in [-0.39, 0.29) is 12.4 Å². The van der Waals surface area contributed by atoms with Crippen LogP contribution in [0.15, 0.2) is 37.1 Å². The number of hydrogen-bond donors (Lipinski definition) is 0. The molecule has 1 aliphatic heterocycles. The number of pyridine rings is 1. The zero-order valence-electron chi connectivity index (χ0n) is 11.0. The van der Waals surface area contributed by atoms with E-state index in [2.05, 4.69) is 15.2 Å². The van der Waals surface area contributed by atoms with E-state index in [0.717, 1.165) is 11.8 Å². The van der Waals surface area contributed by atoms with Crippen LogP contribution in [0.5, 0.6) is 0 Å². The van der Waals surface area contributed by atoms with E-state index in [4.69, 9.17) is 9.47 Å². The number of hydrogen-bond acceptors (Lipinski definition) is 7. The van der Waals surface area contributed by atoms with Gasteiger partial charge in [0, 0.05) is 13.1 Å². The highest BCUT2D eigenvalue weighted by Crippen LogP contribution is 2.30. The smallest absolute Gasteiger partial charge is 0.410 e. The van der Waals surface area contributed by atoms with Gasteiger partial charge in [0.2, 0.25) is 0 Å². The lowest BCUT2D eigenvalue weighted by atomic mass is 10.1. The van der Waals surface area contributed by atoms with Crippen LogP contribution in [0.3, 0.4) is 0 Å². The molecule has 0 unspecified atom stereocenters. The third-order valence-electron chi connectivity index (χ3n) is 2.97. The molecular formula is C12H11N5O4. The van der Waals surface area contributed by atoms with Crippen molar-refractivity contribution < 1.29 is 14.4 Å². The van der Waals surface area contributed by atoms with Gasteiger partial charge in [0.15, 0.2) is 6.20 Å². The summed E-state index contributed by atoms with van der Waals surface area (Å²) < 4.78 is 10.7. The van der Waals surface area contributed by atoms with E-state index in [1.165, 1.54) is 17.3 Å². The van der Waals surface area contributed by atoms with E-state index < -0.39 is 10.7 Å². The van der Waals surface area contributed by atoms with E-state index in [1.54, 1.807) is 25.3 Å². The maximum absolute atomic E-state index is 10.6. The zero-order valence-corrected chi connectivity index (χ0v) is 11.0. The lowest BCUT2D eigenvalue weighted by Crippen LogP contribution is -2.24. The largest absolute Gasteiger partial charge is 0.452 e. The van der Waals surface area contributed by atoms with Crippen molar-refractivity contribution in [3.05, 3.63) is 58.4 Å². The Morgan fingerprint density at radius 1 is 1.43 bits per heavy atom. The van der Waals surface area contributed by atoms with Gasteiger partial charge in [-0.05, 0) is 22.6 Å². The van der Waals surface area contributed by atoms with Crippen LogP contribution in [0.1, 0.15) is 18.2 Å². The fourth-order valence-corrected chi connectivity index (χ4v) is 1.90. The average Bonchev–Trinajstić information content (AvgIpc) is 3.09. The summed E-state index contributed by atoms with van der Waals surface area (Å²) in [6.45, 7) is 2.03. The van der Waals surface area contributed by atoms with Crippen LogP contribution in [0.4, 0.5) is 5.82 Å². The zero-order chi connectivity index (χ0) is 14.9. The molecule has 3 heterocycles. The lowest BCUT2D eigenvalue weighted by molar-refractivity contribution is -0.389. The van der Waals surface area contributed by atoms with Crippen molar-refractivity contribution in [2.75, 3.05) is 0 Å². The van der Waals surface area contributed by atoms with Gasteiger partial charge in [-0.25, -0.2) is 0 Å². The van der Waals surface area contributed by atoms with Crippen molar-refractivity contribution in [2.45, 2.75) is 19.3 Å². The summed E-state index contributed by atoms with van der Waals surface area (Å²) in [6.07, 6.45) is 5.62. The van der Waals surface area contributed by atoms with Crippen molar-refractivity contribution in [3.63, 3.8) is 0 Å². The van der Waals surface area contributed by atoms with Gasteiger partial charge in [-0.3, -0.25) is 4.98 Å². The molecule has 3 rings (SSSR count). The Bertz CT molecular complexity index is 703. The van der Waals surface area contributed by atoms with Gasteiger partial charge in [0.05, 0.1) is 5.10 Å². The molecule has 0 aromatic carbocycles. The summed E-state index contributed by atoms with van der Waals surface area (Å²) >= 11 is 0. The number of nitro groups is 1. The predicted molar refractivity (Wildman–Crippen MR) is 68.7 cm³/mol. The Morgan fingerprint density at radius 3 is 2.86 bits per heavy atom. The molecule has 0 aliphatic carbocycles. The number of aromatic nitrogens is 4. The summed E-state index contributed by atoms with van der Waals surface area (Å²) in [5.74, 6) is -1.25. The first kappa shape index (κ1) is 13.0. The highest BCUT2D eigenvalue weighted by Gasteiger charge is 2.33. The Morgan fingerprint density at radius 2 is 2.19 bits per heavy atom. The fraction of sp³-hybridized carbons (Fsp3) is 0.250. The van der Waals surface area contributed by atoms with Crippen LogP contribution in [0.2, 0.25) is 0 Å². The van der Waals surface area contributed by atoms with E-state index in [9.17, 15) is 10.1 Å². The molecule has 0 radical (unpaired) electrons. The molecule has 0 fully saturated rings. The minimum Gasteiger partial charge on any atom is -0.452 e. The second kappa shape index (κ2) is 4.85. The average molecular weight is 289 g/mol. The van der Waals surface area contributed by atoms with Gasteiger partial charge in [0.25, 0.3) is 5.79 Å². The molecule has 0 amide bonds. The van der Waals surface area contributed by atoms with E-state index in [0.29, 0.717) is 5.69 Å². The molecule has 108 valence electrons. The first-order valence-corrected chi connectivity index (χ1v) is 6.07. The van der Waals surface area contributed by atoms with Gasteiger partial charge in [-0.2, -0.15) is 0 Å². The molecule has 0 atom stereocenters. The van der Waals surface area contributed by atoms with Gasteiger partial charge in [-0.1, -0.05) is 4.80 Å². The Balaban J connectivity index is 1.81. The van der Waals surface area contributed by atoms with Crippen LogP contribution in [-0.4, -0.2) is 24.9 Å². The quantitative estimate of drug-likeness (QED) is 0.617. The molecule has 0 spiro atoms. The Labute approximate surface area is 119 Å². The minimum atomic E-state index is -0.959. The van der Waals surface area contributed by atoms with Gasteiger partial charge in [0.1, 0.15) is 24.8 Å². The summed E-state index contributed by atoms with van der Waals surface area (Å²) in [5, 5.41) is 18.2. The SMILES string of the molecule is CC1(c2cc(Cn3ncc([N+](=O)[O-])n3)ccn2)OC=CO1. The fourth-order valence-electron chi connectivity index (χ4n) is 1.90. The van der Waals surface area contributed by atoms with E-state index >= 15 is 0 Å². The van der Waals surface area contributed by atoms with Crippen LogP contribution in [0.25, 0.3) is 0 Å². The second-order valence-corrected chi connectivity index (χ2v) is 4.49. The first-order chi connectivity index (χ1) is 10.1. The number of nitrogens with zero attached hydrogens (tertiary/aromatic N) is 5. The van der Waals surface area contributed by atoms with Gasteiger partial charge in [-0.15, -0.1) is 5.10 Å². The van der Waals surface area contributed by atoms with Gasteiger partial charge >= 0.3 is 5.82 Å². The standard InChI is InChI=1S/C12H11N5O4/c1-12(20-4-5-21-12)10-6-9(2-3-13-10)8-16-14-7-11(15-16)17(18)19/h2-7H,8H2,1H3. The van der Waals surface area contributed by atoms with E-state index in [1.807, 2.05) is 0 Å². The Hall–Kier alpha value is -2.97. The molecule has 0 saturated heterocycles. The highest BCUT2D eigenvalue weighted by molar-refractivity contribution is 5.21. The first-order valence-electron chi connectivity index (χ1n) is 6.07. The van der Waals surface area contributed by atoms with Crippen molar-refractivity contribution in [2.24, 2.45) is 0 Å². The van der Waals surface area contributed by atoms with Crippen LogP contribution >= 0.6 is 0 Å². The van der Waals surface area contributed by atoms with Crippen molar-refractivity contribution in [3.8, 4) is 0 Å². The normalized spacial score (nSPS) is 15.5. The summed E-state index contributed by atoms with van der Waals surface area (Å²) in [4.78, 5) is 15.5. The molecule has 2 aromatic heterocycles. The second-order valence-electron chi connectivity index (χ2n) is 4.49. The predicted octanol–water partition coefficient (Wildman–Crippen LogP) is 1.32. The third kappa shape index (κ3) is 2.53. The van der Waals surface area contributed by atoms with Gasteiger partial charge < -0.3 is 19.6 Å². The van der Waals surface area contributed by atoms with Crippen LogP contribution in [0, 0.1) is 10.1 Å². The number of ether oxygens (including phenoxy) is 2. The molecule has 9 nitrogen and oxygen atoms in total. The molecule has 9 heteroatoms. The topological polar surface area (TPSA) is 105 Å². The maximum atomic E-state index is 10.6. The van der Waals surface area contributed by atoms with Crippen LogP contribution in [-0.2, 0) is 21.8 Å². The molecule has 2 aromatic rings. The summed E-state index contributed by atoms with van der Waals surface area (Å²) in [7, 11) is 0. The van der Waals surface area contributed by atoms with Crippen molar-refractivity contribution in [1.29, 1.82) is 0 Å². The molecule has 0 saturated carbocycles. The summed E-state index contributed by atoms with van der Waals surface area (Å²) in [6, 6.07) is 3.55. The molecule has 1 aliphatic rings. The Kier molecular flexibility index (Phi) is 3.01. The minimum absolute atomic E-state index is 0.285. The van der Waals surface area contributed by atoms with Crippen LogP contribution < -0.4 is 0 Å². The highest BCUT2D eigenvalue weighted by atomic mass is 16.7. The molecule has 0 N–H and O–H groups in total. The van der Waals surface area contributed by atoms with Crippen molar-refractivity contribution in [1.82, 2.24) is 20.0 Å². The lowest BCUT2D eigenvalue weighted by Gasteiger charge is -2.22. The monoisotopic (exact) mass is 289 g/mol.